The van der Waals surface area contributed by atoms with Crippen molar-refractivity contribution in [1.82, 2.24) is 10.2 Å². The molecule has 0 aromatic rings. The summed E-state index contributed by atoms with van der Waals surface area (Å²) in [5, 5.41) is 2.86. The molecule has 0 saturated carbocycles. The number of hydrogen-bond donors (Lipinski definition) is 1. The SMILES string of the molecule is CC(C)CCCC(C)N1CCC(=O)NC(C(C)C)C1=O. The number of carbonyl (C=O) groups is 2. The average Bonchev–Trinajstić information content (AvgIpc) is 2.48. The molecule has 0 spiro atoms. The second-order valence-corrected chi connectivity index (χ2v) is 6.74. The zero-order valence-electron chi connectivity index (χ0n) is 13.6. The van der Waals surface area contributed by atoms with E-state index in [0.29, 0.717) is 18.9 Å². The summed E-state index contributed by atoms with van der Waals surface area (Å²) >= 11 is 0. The van der Waals surface area contributed by atoms with Crippen LogP contribution in [-0.4, -0.2) is 35.3 Å². The van der Waals surface area contributed by atoms with Gasteiger partial charge in [-0.1, -0.05) is 40.5 Å². The molecule has 0 aromatic heterocycles. The first-order chi connectivity index (χ1) is 9.32. The summed E-state index contributed by atoms with van der Waals surface area (Å²) in [6.45, 7) is 11.1. The van der Waals surface area contributed by atoms with Gasteiger partial charge in [-0.2, -0.15) is 0 Å². The molecule has 0 aliphatic carbocycles. The van der Waals surface area contributed by atoms with Gasteiger partial charge in [0.15, 0.2) is 0 Å². The van der Waals surface area contributed by atoms with Gasteiger partial charge in [-0.05, 0) is 25.2 Å². The Balaban J connectivity index is 2.66. The highest BCUT2D eigenvalue weighted by molar-refractivity contribution is 5.90. The Bertz CT molecular complexity index is 339. The summed E-state index contributed by atoms with van der Waals surface area (Å²) in [7, 11) is 0. The van der Waals surface area contributed by atoms with Gasteiger partial charge in [0.2, 0.25) is 11.8 Å². The van der Waals surface area contributed by atoms with Crippen LogP contribution in [0.2, 0.25) is 0 Å². The number of nitrogens with one attached hydrogen (secondary N) is 1. The van der Waals surface area contributed by atoms with E-state index in [1.165, 1.54) is 6.42 Å². The minimum absolute atomic E-state index is 0.00562. The molecule has 2 atom stereocenters. The number of nitrogens with zero attached hydrogens (tertiary/aromatic N) is 1. The van der Waals surface area contributed by atoms with Crippen molar-refractivity contribution in [3.05, 3.63) is 0 Å². The molecule has 4 nitrogen and oxygen atoms in total. The fourth-order valence-electron chi connectivity index (χ4n) is 2.68. The number of amides is 2. The Hall–Kier alpha value is -1.06. The first kappa shape index (κ1) is 17.0. The van der Waals surface area contributed by atoms with Crippen molar-refractivity contribution < 1.29 is 9.59 Å². The third kappa shape index (κ3) is 4.80. The smallest absolute Gasteiger partial charge is 0.245 e. The lowest BCUT2D eigenvalue weighted by atomic mass is 10.00. The van der Waals surface area contributed by atoms with Crippen LogP contribution in [-0.2, 0) is 9.59 Å². The van der Waals surface area contributed by atoms with Gasteiger partial charge >= 0.3 is 0 Å². The molecule has 1 saturated heterocycles. The predicted molar refractivity (Wildman–Crippen MR) is 81.2 cm³/mol. The molecule has 0 bridgehead atoms. The van der Waals surface area contributed by atoms with Gasteiger partial charge in [0.25, 0.3) is 0 Å². The van der Waals surface area contributed by atoms with E-state index in [-0.39, 0.29) is 29.8 Å². The first-order valence-electron chi connectivity index (χ1n) is 7.92. The van der Waals surface area contributed by atoms with Crippen molar-refractivity contribution in [2.45, 2.75) is 72.4 Å². The topological polar surface area (TPSA) is 49.4 Å². The maximum Gasteiger partial charge on any atom is 0.245 e. The monoisotopic (exact) mass is 282 g/mol. The van der Waals surface area contributed by atoms with Gasteiger partial charge in [-0.15, -0.1) is 0 Å². The molecule has 4 heteroatoms. The molecule has 2 unspecified atom stereocenters. The lowest BCUT2D eigenvalue weighted by Crippen LogP contribution is -2.50. The Morgan fingerprint density at radius 2 is 1.80 bits per heavy atom. The van der Waals surface area contributed by atoms with Crippen LogP contribution in [0.15, 0.2) is 0 Å². The quantitative estimate of drug-likeness (QED) is 0.814. The molecular formula is C16H30N2O2. The minimum Gasteiger partial charge on any atom is -0.344 e. The highest BCUT2D eigenvalue weighted by Gasteiger charge is 2.33. The third-order valence-corrected chi connectivity index (χ3v) is 4.05. The predicted octanol–water partition coefficient (Wildman–Crippen LogP) is 2.57. The van der Waals surface area contributed by atoms with Crippen LogP contribution in [0.25, 0.3) is 0 Å². The normalized spacial score (nSPS) is 22.1. The van der Waals surface area contributed by atoms with Crippen molar-refractivity contribution in [3.8, 4) is 0 Å². The van der Waals surface area contributed by atoms with Crippen LogP contribution in [0.3, 0.4) is 0 Å². The molecule has 1 heterocycles. The van der Waals surface area contributed by atoms with Gasteiger partial charge in [-0.3, -0.25) is 9.59 Å². The van der Waals surface area contributed by atoms with E-state index >= 15 is 0 Å². The van der Waals surface area contributed by atoms with Crippen LogP contribution in [0.4, 0.5) is 0 Å². The average molecular weight is 282 g/mol. The van der Waals surface area contributed by atoms with E-state index < -0.39 is 0 Å². The second-order valence-electron chi connectivity index (χ2n) is 6.74. The van der Waals surface area contributed by atoms with Crippen LogP contribution in [0.5, 0.6) is 0 Å². The van der Waals surface area contributed by atoms with Crippen molar-refractivity contribution in [3.63, 3.8) is 0 Å². The lowest BCUT2D eigenvalue weighted by Gasteiger charge is -2.31. The molecule has 1 aliphatic rings. The Labute approximate surface area is 123 Å². The van der Waals surface area contributed by atoms with Crippen LogP contribution in [0, 0.1) is 11.8 Å². The summed E-state index contributed by atoms with van der Waals surface area (Å²) in [6.07, 6.45) is 3.76. The van der Waals surface area contributed by atoms with Crippen molar-refractivity contribution in [2.75, 3.05) is 6.54 Å². The Morgan fingerprint density at radius 1 is 1.15 bits per heavy atom. The van der Waals surface area contributed by atoms with Crippen molar-refractivity contribution in [1.29, 1.82) is 0 Å². The van der Waals surface area contributed by atoms with E-state index in [4.69, 9.17) is 0 Å². The summed E-state index contributed by atoms with van der Waals surface area (Å²) in [5.41, 5.74) is 0. The standard InChI is InChI=1S/C16H30N2O2/c1-11(2)7-6-8-13(5)18-10-9-14(19)17-15(12(3)4)16(18)20/h11-13,15H,6-10H2,1-5H3,(H,17,19). The molecule has 2 amide bonds. The minimum atomic E-state index is -0.363. The summed E-state index contributed by atoms with van der Waals surface area (Å²) < 4.78 is 0. The number of rotatable bonds is 6. The molecule has 0 aromatic carbocycles. The van der Waals surface area contributed by atoms with E-state index in [1.54, 1.807) is 0 Å². The molecule has 116 valence electrons. The van der Waals surface area contributed by atoms with Crippen LogP contribution < -0.4 is 5.32 Å². The molecule has 20 heavy (non-hydrogen) atoms. The molecule has 1 fully saturated rings. The van der Waals surface area contributed by atoms with Gasteiger partial charge in [0, 0.05) is 19.0 Å². The molecule has 1 N–H and O–H groups in total. The summed E-state index contributed by atoms with van der Waals surface area (Å²) in [4.78, 5) is 26.2. The van der Waals surface area contributed by atoms with Crippen molar-refractivity contribution >= 4 is 11.8 Å². The first-order valence-corrected chi connectivity index (χ1v) is 7.92. The molecule has 1 aliphatic heterocycles. The number of carbonyl (C=O) groups excluding carboxylic acids is 2. The molecular weight excluding hydrogens is 252 g/mol. The zero-order valence-corrected chi connectivity index (χ0v) is 13.6. The maximum absolute atomic E-state index is 12.6. The number of hydrogen-bond acceptors (Lipinski definition) is 2. The van der Waals surface area contributed by atoms with Gasteiger partial charge in [-0.25, -0.2) is 0 Å². The summed E-state index contributed by atoms with van der Waals surface area (Å²) in [5.74, 6) is 0.917. The van der Waals surface area contributed by atoms with E-state index in [2.05, 4.69) is 26.1 Å². The Kier molecular flexibility index (Phi) is 6.50. The zero-order chi connectivity index (χ0) is 15.3. The van der Waals surface area contributed by atoms with Gasteiger partial charge in [0.05, 0.1) is 0 Å². The van der Waals surface area contributed by atoms with Gasteiger partial charge in [0.1, 0.15) is 6.04 Å². The highest BCUT2D eigenvalue weighted by atomic mass is 16.2. The van der Waals surface area contributed by atoms with Crippen molar-refractivity contribution in [2.24, 2.45) is 11.8 Å². The fraction of sp³-hybridized carbons (Fsp3) is 0.875. The lowest BCUT2D eigenvalue weighted by molar-refractivity contribution is -0.136. The van der Waals surface area contributed by atoms with E-state index in [9.17, 15) is 9.59 Å². The third-order valence-electron chi connectivity index (χ3n) is 4.05. The largest absolute Gasteiger partial charge is 0.344 e. The van der Waals surface area contributed by atoms with Gasteiger partial charge < -0.3 is 10.2 Å². The van der Waals surface area contributed by atoms with E-state index in [0.717, 1.165) is 12.8 Å². The van der Waals surface area contributed by atoms with Crippen LogP contribution in [0.1, 0.15) is 60.3 Å². The Morgan fingerprint density at radius 3 is 2.35 bits per heavy atom. The fourth-order valence-corrected chi connectivity index (χ4v) is 2.68. The molecule has 1 rings (SSSR count). The van der Waals surface area contributed by atoms with Crippen LogP contribution >= 0.6 is 0 Å². The molecule has 0 radical (unpaired) electrons. The highest BCUT2D eigenvalue weighted by Crippen LogP contribution is 2.18. The maximum atomic E-state index is 12.6. The van der Waals surface area contributed by atoms with E-state index in [1.807, 2.05) is 18.7 Å². The summed E-state index contributed by atoms with van der Waals surface area (Å²) in [6, 6.07) is -0.146. The second kappa shape index (κ2) is 7.65.